The Hall–Kier alpha value is -1.30. The van der Waals surface area contributed by atoms with Gasteiger partial charge in [0.05, 0.1) is 6.61 Å². The molecule has 0 spiro atoms. The summed E-state index contributed by atoms with van der Waals surface area (Å²) in [6.07, 6.45) is -0.871. The fourth-order valence-corrected chi connectivity index (χ4v) is 2.18. The molecule has 0 aliphatic rings. The third-order valence-corrected chi connectivity index (χ3v) is 3.40. The number of carboxylic acid groups (broad SMARTS) is 1. The molecule has 5 nitrogen and oxygen atoms in total. The van der Waals surface area contributed by atoms with Crippen molar-refractivity contribution in [3.63, 3.8) is 0 Å². The topological polar surface area (TPSA) is 59.0 Å². The highest BCUT2D eigenvalue weighted by molar-refractivity contribution is 6.31. The van der Waals surface area contributed by atoms with Gasteiger partial charge in [-0.15, -0.1) is 0 Å². The lowest BCUT2D eigenvalue weighted by atomic mass is 10.2. The summed E-state index contributed by atoms with van der Waals surface area (Å²) in [7, 11) is 1.55. The van der Waals surface area contributed by atoms with Gasteiger partial charge in [0.2, 0.25) is 0 Å². The highest BCUT2D eigenvalue weighted by Gasteiger charge is 2.17. The summed E-state index contributed by atoms with van der Waals surface area (Å²) in [6.45, 7) is 4.50. The number of carbonyl (C=O) groups is 1. The second-order valence-electron chi connectivity index (χ2n) is 4.88. The van der Waals surface area contributed by atoms with E-state index < -0.39 is 12.4 Å². The first-order valence-corrected chi connectivity index (χ1v) is 7.23. The molecule has 1 aromatic carbocycles. The van der Waals surface area contributed by atoms with Crippen LogP contribution in [-0.2, 0) is 9.47 Å². The van der Waals surface area contributed by atoms with E-state index in [0.717, 1.165) is 5.56 Å². The summed E-state index contributed by atoms with van der Waals surface area (Å²) in [5, 5.41) is 9.64. The minimum absolute atomic E-state index is 0.0516. The third kappa shape index (κ3) is 5.53. The zero-order valence-electron chi connectivity index (χ0n) is 12.6. The first kappa shape index (κ1) is 17.8. The first-order valence-electron chi connectivity index (χ1n) is 6.85. The summed E-state index contributed by atoms with van der Waals surface area (Å²) in [5.41, 5.74) is 0.764. The highest BCUT2D eigenvalue weighted by atomic mass is 35.5. The molecule has 0 bridgehead atoms. The number of hydrogen-bond donors (Lipinski definition) is 1. The monoisotopic (exact) mass is 315 g/mol. The molecule has 118 valence electrons. The van der Waals surface area contributed by atoms with Crippen LogP contribution >= 0.6 is 11.6 Å². The molecule has 0 radical (unpaired) electrons. The van der Waals surface area contributed by atoms with Gasteiger partial charge < -0.3 is 19.5 Å². The zero-order valence-corrected chi connectivity index (χ0v) is 13.3. The number of rotatable bonds is 8. The maximum atomic E-state index is 11.0. The van der Waals surface area contributed by atoms with Crippen molar-refractivity contribution in [2.45, 2.75) is 32.6 Å². The number of benzene rings is 1. The average Bonchev–Trinajstić information content (AvgIpc) is 2.43. The molecule has 1 atom stereocenters. The Morgan fingerprint density at radius 2 is 2.05 bits per heavy atom. The van der Waals surface area contributed by atoms with Gasteiger partial charge in [-0.25, -0.2) is 4.79 Å². The van der Waals surface area contributed by atoms with E-state index in [1.807, 2.05) is 32.0 Å². The zero-order chi connectivity index (χ0) is 15.8. The van der Waals surface area contributed by atoms with Gasteiger partial charge in [-0.05, 0) is 26.3 Å². The number of hydrogen-bond acceptors (Lipinski definition) is 3. The van der Waals surface area contributed by atoms with E-state index in [9.17, 15) is 4.79 Å². The second-order valence-corrected chi connectivity index (χ2v) is 5.29. The van der Waals surface area contributed by atoms with Crippen LogP contribution < -0.4 is 0 Å². The predicted octanol–water partition coefficient (Wildman–Crippen LogP) is 3.78. The Morgan fingerprint density at radius 3 is 2.57 bits per heavy atom. The van der Waals surface area contributed by atoms with Gasteiger partial charge in [0, 0.05) is 30.3 Å². The van der Waals surface area contributed by atoms with Crippen molar-refractivity contribution in [2.75, 3.05) is 20.3 Å². The van der Waals surface area contributed by atoms with E-state index in [0.29, 0.717) is 24.6 Å². The lowest BCUT2D eigenvalue weighted by Crippen LogP contribution is -2.36. The van der Waals surface area contributed by atoms with Crippen LogP contribution in [0.25, 0.3) is 0 Å². The molecule has 0 aromatic heterocycles. The highest BCUT2D eigenvalue weighted by Crippen LogP contribution is 2.25. The van der Waals surface area contributed by atoms with Crippen LogP contribution in [0, 0.1) is 0 Å². The van der Waals surface area contributed by atoms with E-state index >= 15 is 0 Å². The molecule has 0 saturated carbocycles. The van der Waals surface area contributed by atoms with Crippen molar-refractivity contribution < 1.29 is 19.4 Å². The number of amides is 1. The maximum Gasteiger partial charge on any atom is 0.407 e. The number of methoxy groups -OCH3 is 1. The number of halogens is 1. The molecule has 1 aromatic rings. The molecule has 0 unspecified atom stereocenters. The number of nitrogens with zero attached hydrogens (tertiary/aromatic N) is 1. The van der Waals surface area contributed by atoms with Gasteiger partial charge in [0.1, 0.15) is 0 Å². The van der Waals surface area contributed by atoms with Gasteiger partial charge in [-0.1, -0.05) is 29.8 Å². The Kier molecular flexibility index (Phi) is 7.50. The molecule has 1 N–H and O–H groups in total. The molecule has 1 rings (SSSR count). The van der Waals surface area contributed by atoms with Crippen molar-refractivity contribution in [3.8, 4) is 0 Å². The standard InChI is InChI=1S/C15H22ClNO4/c1-11(2)17(15(18)19)9-6-10-21-14(20-3)12-7-4-5-8-13(12)16/h4-5,7-8,11,14H,6,9-10H2,1-3H3,(H,18,19)/t14-/m0/s1. The molecule has 0 fully saturated rings. The molecular weight excluding hydrogens is 294 g/mol. The number of ether oxygens (including phenoxy) is 2. The van der Waals surface area contributed by atoms with Crippen LogP contribution in [0.3, 0.4) is 0 Å². The van der Waals surface area contributed by atoms with Crippen molar-refractivity contribution in [2.24, 2.45) is 0 Å². The molecule has 0 saturated heterocycles. The lowest BCUT2D eigenvalue weighted by molar-refractivity contribution is -0.128. The fourth-order valence-electron chi connectivity index (χ4n) is 1.95. The van der Waals surface area contributed by atoms with E-state index in [1.54, 1.807) is 13.2 Å². The Morgan fingerprint density at radius 1 is 1.38 bits per heavy atom. The molecule has 0 aliphatic carbocycles. The van der Waals surface area contributed by atoms with Crippen molar-refractivity contribution in [3.05, 3.63) is 34.9 Å². The Balaban J connectivity index is 2.47. The SMILES string of the molecule is CO[C@@H](OCCCN(C(=O)O)C(C)C)c1ccccc1Cl. The first-order chi connectivity index (χ1) is 9.97. The van der Waals surface area contributed by atoms with Crippen LogP contribution in [0.2, 0.25) is 5.02 Å². The molecular formula is C15H22ClNO4. The van der Waals surface area contributed by atoms with E-state index in [2.05, 4.69) is 0 Å². The summed E-state index contributed by atoms with van der Waals surface area (Å²) in [6, 6.07) is 7.27. The lowest BCUT2D eigenvalue weighted by Gasteiger charge is -2.24. The summed E-state index contributed by atoms with van der Waals surface area (Å²) in [5.74, 6) is 0. The summed E-state index contributed by atoms with van der Waals surface area (Å²) >= 11 is 6.10. The van der Waals surface area contributed by atoms with E-state index in [-0.39, 0.29) is 6.04 Å². The molecule has 21 heavy (non-hydrogen) atoms. The van der Waals surface area contributed by atoms with Gasteiger partial charge in [0.25, 0.3) is 0 Å². The smallest absolute Gasteiger partial charge is 0.407 e. The third-order valence-electron chi connectivity index (χ3n) is 3.05. The van der Waals surface area contributed by atoms with Gasteiger partial charge in [-0.2, -0.15) is 0 Å². The van der Waals surface area contributed by atoms with Crippen molar-refractivity contribution >= 4 is 17.7 Å². The van der Waals surface area contributed by atoms with E-state index in [1.165, 1.54) is 4.90 Å². The molecule has 6 heteroatoms. The van der Waals surface area contributed by atoms with Crippen LogP contribution in [-0.4, -0.2) is 42.4 Å². The predicted molar refractivity (Wildman–Crippen MR) is 81.6 cm³/mol. The fraction of sp³-hybridized carbons (Fsp3) is 0.533. The Labute approximate surface area is 130 Å². The quantitative estimate of drug-likeness (QED) is 0.586. The van der Waals surface area contributed by atoms with Gasteiger partial charge >= 0.3 is 6.09 Å². The van der Waals surface area contributed by atoms with Crippen LogP contribution in [0.15, 0.2) is 24.3 Å². The minimum atomic E-state index is -0.917. The summed E-state index contributed by atoms with van der Waals surface area (Å²) < 4.78 is 10.9. The molecule has 0 aliphatic heterocycles. The average molecular weight is 316 g/mol. The maximum absolute atomic E-state index is 11.0. The van der Waals surface area contributed by atoms with Crippen molar-refractivity contribution in [1.29, 1.82) is 0 Å². The minimum Gasteiger partial charge on any atom is -0.465 e. The summed E-state index contributed by atoms with van der Waals surface area (Å²) in [4.78, 5) is 12.4. The Bertz CT molecular complexity index is 453. The second kappa shape index (κ2) is 8.87. The molecule has 1 amide bonds. The van der Waals surface area contributed by atoms with Gasteiger partial charge in [-0.3, -0.25) is 0 Å². The van der Waals surface area contributed by atoms with Crippen LogP contribution in [0.1, 0.15) is 32.1 Å². The normalized spacial score (nSPS) is 12.4. The molecule has 0 heterocycles. The van der Waals surface area contributed by atoms with Crippen LogP contribution in [0.5, 0.6) is 0 Å². The van der Waals surface area contributed by atoms with Gasteiger partial charge in [0.15, 0.2) is 6.29 Å². The van der Waals surface area contributed by atoms with Crippen LogP contribution in [0.4, 0.5) is 4.79 Å². The largest absolute Gasteiger partial charge is 0.465 e. The van der Waals surface area contributed by atoms with E-state index in [4.69, 9.17) is 26.2 Å². The van der Waals surface area contributed by atoms with Crippen molar-refractivity contribution in [1.82, 2.24) is 4.90 Å².